The predicted molar refractivity (Wildman–Crippen MR) is 69.8 cm³/mol. The van der Waals surface area contributed by atoms with Crippen LogP contribution in [0.25, 0.3) is 0 Å². The number of hydrogen-bond donors (Lipinski definition) is 0. The van der Waals surface area contributed by atoms with Crippen molar-refractivity contribution < 1.29 is 23.7 Å². The van der Waals surface area contributed by atoms with Crippen molar-refractivity contribution in [2.75, 3.05) is 60.2 Å². The molecule has 0 spiro atoms. The average Bonchev–Trinajstić information content (AvgIpc) is 2.39. The van der Waals surface area contributed by atoms with Crippen LogP contribution in [0, 0.1) is 0 Å². The van der Waals surface area contributed by atoms with E-state index in [4.69, 9.17) is 23.7 Å². The van der Waals surface area contributed by atoms with Crippen molar-refractivity contribution in [3.63, 3.8) is 0 Å². The van der Waals surface area contributed by atoms with Gasteiger partial charge in [-0.2, -0.15) is 0 Å². The highest BCUT2D eigenvalue weighted by atomic mass is 16.7. The molecule has 18 heavy (non-hydrogen) atoms. The largest absolute Gasteiger partial charge is 0.382 e. The van der Waals surface area contributed by atoms with Gasteiger partial charge in [-0.3, -0.25) is 0 Å². The fourth-order valence-electron chi connectivity index (χ4n) is 1.15. The minimum Gasteiger partial charge on any atom is -0.382 e. The number of hydrogen-bond acceptors (Lipinski definition) is 5. The molecule has 0 N–H and O–H groups in total. The van der Waals surface area contributed by atoms with E-state index >= 15 is 0 Å². The molecular formula is C13H28O5. The van der Waals surface area contributed by atoms with Gasteiger partial charge in [-0.25, -0.2) is 0 Å². The molecule has 0 fully saturated rings. The summed E-state index contributed by atoms with van der Waals surface area (Å²) in [5.74, 6) is 0. The molecule has 0 aliphatic rings. The first kappa shape index (κ1) is 17.8. The summed E-state index contributed by atoms with van der Waals surface area (Å²) in [5, 5.41) is 0. The van der Waals surface area contributed by atoms with Gasteiger partial charge in [-0.15, -0.1) is 0 Å². The van der Waals surface area contributed by atoms with Crippen molar-refractivity contribution in [3.05, 3.63) is 0 Å². The molecule has 0 heterocycles. The van der Waals surface area contributed by atoms with Crippen molar-refractivity contribution in [2.45, 2.75) is 26.2 Å². The van der Waals surface area contributed by atoms with Crippen LogP contribution in [0.15, 0.2) is 0 Å². The Bertz CT molecular complexity index is 127. The van der Waals surface area contributed by atoms with E-state index in [1.54, 1.807) is 7.11 Å². The Labute approximate surface area is 111 Å². The lowest BCUT2D eigenvalue weighted by Gasteiger charge is -2.07. The van der Waals surface area contributed by atoms with Gasteiger partial charge in [0.05, 0.1) is 33.0 Å². The van der Waals surface area contributed by atoms with Crippen LogP contribution in [-0.4, -0.2) is 60.2 Å². The Hall–Kier alpha value is -0.200. The van der Waals surface area contributed by atoms with Crippen LogP contribution < -0.4 is 0 Å². The summed E-state index contributed by atoms with van der Waals surface area (Å²) in [4.78, 5) is 0. The third-order valence-corrected chi connectivity index (χ3v) is 2.19. The first-order chi connectivity index (χ1) is 8.91. The molecule has 0 bridgehead atoms. The van der Waals surface area contributed by atoms with Gasteiger partial charge >= 0.3 is 0 Å². The molecule has 0 aromatic heterocycles. The number of ether oxygens (including phenoxy) is 5. The Kier molecular flexibility index (Phi) is 16.6. The van der Waals surface area contributed by atoms with Gasteiger partial charge in [-0.1, -0.05) is 13.3 Å². The summed E-state index contributed by atoms with van der Waals surface area (Å²) in [7, 11) is 1.65. The first-order valence-corrected chi connectivity index (χ1v) is 6.71. The maximum Gasteiger partial charge on any atom is 0.146 e. The molecule has 0 radical (unpaired) electrons. The highest BCUT2D eigenvalue weighted by Gasteiger charge is 1.92. The number of methoxy groups -OCH3 is 1. The quantitative estimate of drug-likeness (QED) is 0.334. The van der Waals surface area contributed by atoms with E-state index in [-0.39, 0.29) is 0 Å². The predicted octanol–water partition coefficient (Wildman–Crippen LogP) is 1.85. The maximum absolute atomic E-state index is 5.40. The summed E-state index contributed by atoms with van der Waals surface area (Å²) < 4.78 is 26.0. The van der Waals surface area contributed by atoms with Gasteiger partial charge < -0.3 is 23.7 Å². The lowest BCUT2D eigenvalue weighted by molar-refractivity contribution is -0.0747. The summed E-state index contributed by atoms with van der Waals surface area (Å²) in [6.45, 7) is 7.13. The third-order valence-electron chi connectivity index (χ3n) is 2.19. The van der Waals surface area contributed by atoms with E-state index in [2.05, 4.69) is 6.92 Å². The molecule has 0 aliphatic carbocycles. The zero-order valence-electron chi connectivity index (χ0n) is 11.8. The average molecular weight is 264 g/mol. The second-order valence-corrected chi connectivity index (χ2v) is 3.86. The van der Waals surface area contributed by atoms with Crippen molar-refractivity contribution in [2.24, 2.45) is 0 Å². The number of unbranched alkanes of at least 4 members (excludes halogenated alkanes) is 1. The minimum atomic E-state index is 0.322. The molecule has 0 saturated heterocycles. The molecule has 0 aliphatic heterocycles. The van der Waals surface area contributed by atoms with Crippen molar-refractivity contribution >= 4 is 0 Å². The highest BCUT2D eigenvalue weighted by molar-refractivity contribution is 4.36. The SMILES string of the molecule is CCCCOCCCOCOCCOCCOC. The molecule has 0 amide bonds. The van der Waals surface area contributed by atoms with E-state index in [0.717, 1.165) is 26.1 Å². The molecule has 0 atom stereocenters. The Morgan fingerprint density at radius 3 is 1.94 bits per heavy atom. The van der Waals surface area contributed by atoms with Gasteiger partial charge in [0.15, 0.2) is 0 Å². The molecule has 0 rings (SSSR count). The van der Waals surface area contributed by atoms with Crippen LogP contribution in [0.3, 0.4) is 0 Å². The maximum atomic E-state index is 5.40. The van der Waals surface area contributed by atoms with Crippen molar-refractivity contribution in [3.8, 4) is 0 Å². The van der Waals surface area contributed by atoms with Crippen LogP contribution in [-0.2, 0) is 23.7 Å². The highest BCUT2D eigenvalue weighted by Crippen LogP contribution is 1.91. The van der Waals surface area contributed by atoms with E-state index in [1.165, 1.54) is 6.42 Å². The molecule has 0 saturated carbocycles. The Balaban J connectivity index is 2.86. The molecular weight excluding hydrogens is 236 g/mol. The van der Waals surface area contributed by atoms with E-state index < -0.39 is 0 Å². The normalized spacial score (nSPS) is 11.0. The second kappa shape index (κ2) is 16.8. The molecule has 5 nitrogen and oxygen atoms in total. The van der Waals surface area contributed by atoms with Gasteiger partial charge in [0.1, 0.15) is 6.79 Å². The van der Waals surface area contributed by atoms with E-state index in [1.807, 2.05) is 0 Å². The fraction of sp³-hybridized carbons (Fsp3) is 1.00. The summed E-state index contributed by atoms with van der Waals surface area (Å²) in [6.07, 6.45) is 3.22. The number of rotatable bonds is 15. The van der Waals surface area contributed by atoms with Gasteiger partial charge in [0.2, 0.25) is 0 Å². The van der Waals surface area contributed by atoms with Crippen LogP contribution in [0.5, 0.6) is 0 Å². The van der Waals surface area contributed by atoms with Crippen LogP contribution in [0.4, 0.5) is 0 Å². The van der Waals surface area contributed by atoms with E-state index in [9.17, 15) is 0 Å². The van der Waals surface area contributed by atoms with Crippen molar-refractivity contribution in [1.29, 1.82) is 0 Å². The van der Waals surface area contributed by atoms with Crippen LogP contribution in [0.1, 0.15) is 26.2 Å². The summed E-state index contributed by atoms with van der Waals surface area (Å²) >= 11 is 0. The lowest BCUT2D eigenvalue weighted by atomic mass is 10.4. The molecule has 5 heteroatoms. The lowest BCUT2D eigenvalue weighted by Crippen LogP contribution is -2.11. The monoisotopic (exact) mass is 264 g/mol. The van der Waals surface area contributed by atoms with Crippen LogP contribution >= 0.6 is 0 Å². The van der Waals surface area contributed by atoms with Gasteiger partial charge in [0.25, 0.3) is 0 Å². The second-order valence-electron chi connectivity index (χ2n) is 3.86. The standard InChI is InChI=1S/C13H28O5/c1-3-4-6-15-7-5-8-17-13-18-12-11-16-10-9-14-2/h3-13H2,1-2H3. The fourth-order valence-corrected chi connectivity index (χ4v) is 1.15. The van der Waals surface area contributed by atoms with Crippen molar-refractivity contribution in [1.82, 2.24) is 0 Å². The zero-order chi connectivity index (χ0) is 13.3. The molecule has 0 unspecified atom stereocenters. The molecule has 0 aromatic carbocycles. The van der Waals surface area contributed by atoms with Gasteiger partial charge in [-0.05, 0) is 12.8 Å². The van der Waals surface area contributed by atoms with Gasteiger partial charge in [0, 0.05) is 20.3 Å². The first-order valence-electron chi connectivity index (χ1n) is 6.71. The van der Waals surface area contributed by atoms with Crippen LogP contribution in [0.2, 0.25) is 0 Å². The minimum absolute atomic E-state index is 0.322. The topological polar surface area (TPSA) is 46.2 Å². The smallest absolute Gasteiger partial charge is 0.146 e. The molecule has 0 aromatic rings. The Morgan fingerprint density at radius 2 is 1.17 bits per heavy atom. The zero-order valence-corrected chi connectivity index (χ0v) is 11.8. The summed E-state index contributed by atoms with van der Waals surface area (Å²) in [5.41, 5.74) is 0. The molecule has 110 valence electrons. The summed E-state index contributed by atoms with van der Waals surface area (Å²) in [6, 6.07) is 0. The van der Waals surface area contributed by atoms with E-state index in [0.29, 0.717) is 39.8 Å². The Morgan fingerprint density at radius 1 is 0.611 bits per heavy atom. The third kappa shape index (κ3) is 15.8.